The number of hydrogen-bond acceptors (Lipinski definition) is 16. The first kappa shape index (κ1) is 44.0. The maximum absolute atomic E-state index is 13.3. The van der Waals surface area contributed by atoms with Crippen LogP contribution in [-0.4, -0.2) is 96.8 Å². The van der Waals surface area contributed by atoms with Crippen molar-refractivity contribution >= 4 is 71.5 Å². The second-order valence-corrected chi connectivity index (χ2v) is 12.1. The van der Waals surface area contributed by atoms with Crippen LogP contribution in [0.1, 0.15) is 60.7 Å². The number of hydrogen-bond donors (Lipinski definition) is 1. The molecule has 4 unspecified atom stereocenters. The second-order valence-electron chi connectivity index (χ2n) is 12.1. The Morgan fingerprint density at radius 3 is 1.65 bits per heavy atom. The first-order valence-electron chi connectivity index (χ1n) is 17.2. The summed E-state index contributed by atoms with van der Waals surface area (Å²) in [5.41, 5.74) is 1.08. The zero-order chi connectivity index (χ0) is 41.7. The van der Waals surface area contributed by atoms with E-state index in [1.807, 2.05) is 0 Å². The topological polar surface area (TPSA) is 243 Å². The molecule has 0 saturated heterocycles. The van der Waals surface area contributed by atoms with Gasteiger partial charge in [0.1, 0.15) is 17.9 Å². The average molecular weight is 784 g/mol. The van der Waals surface area contributed by atoms with E-state index in [0.29, 0.717) is 18.5 Å². The fourth-order valence-corrected chi connectivity index (χ4v) is 4.88. The van der Waals surface area contributed by atoms with E-state index >= 15 is 0 Å². The molecule has 3 rings (SSSR count). The molecule has 4 atom stereocenters. The van der Waals surface area contributed by atoms with Crippen molar-refractivity contribution in [3.05, 3.63) is 83.9 Å². The first-order chi connectivity index (χ1) is 27.4. The largest absolute Gasteiger partial charge is 0.457 e. The lowest BCUT2D eigenvalue weighted by molar-refractivity contribution is -0.163. The number of esters is 4. The van der Waals surface area contributed by atoms with Crippen molar-refractivity contribution in [3.8, 4) is 5.75 Å². The molecule has 0 bridgehead atoms. The van der Waals surface area contributed by atoms with E-state index in [4.69, 9.17) is 18.9 Å². The van der Waals surface area contributed by atoms with Gasteiger partial charge in [0.2, 0.25) is 24.6 Å². The van der Waals surface area contributed by atoms with Crippen LogP contribution >= 0.6 is 0 Å². The van der Waals surface area contributed by atoms with Crippen molar-refractivity contribution < 1.29 is 62.1 Å². The molecule has 0 aromatic heterocycles. The van der Waals surface area contributed by atoms with Crippen molar-refractivity contribution in [1.82, 2.24) is 10.2 Å². The van der Waals surface area contributed by atoms with Crippen LogP contribution < -0.4 is 10.1 Å². The number of unbranched alkanes of at least 4 members (excludes halogenated alkanes) is 1. The lowest BCUT2D eigenvalue weighted by Crippen LogP contribution is -2.47. The van der Waals surface area contributed by atoms with E-state index in [9.17, 15) is 43.2 Å². The third-order valence-electron chi connectivity index (χ3n) is 7.80. The number of isocyanates is 3. The summed E-state index contributed by atoms with van der Waals surface area (Å²) in [7, 11) is 0. The summed E-state index contributed by atoms with van der Waals surface area (Å²) in [4.78, 5) is 119. The Morgan fingerprint density at radius 2 is 1.16 bits per heavy atom. The summed E-state index contributed by atoms with van der Waals surface area (Å²) in [6.07, 6.45) is 1.70. The Labute approximate surface area is 325 Å². The summed E-state index contributed by atoms with van der Waals surface area (Å²) in [5, 5.41) is 2.49. The molecule has 0 saturated carbocycles. The molecular weight excluding hydrogens is 746 g/mol. The van der Waals surface area contributed by atoms with Crippen LogP contribution in [0, 0.1) is 0 Å². The molecule has 2 amide bonds. The summed E-state index contributed by atoms with van der Waals surface area (Å²) < 4.78 is 21.2. The SMILES string of the molecule is CC(CN(C=O)CCCCC(NC(=O)C(C)OC(=O)c1ccc(N=C=O)cc1)C(=O)OC(C)C(=O)Oc1ccc(N=C=O)cc1)OC(=O)c1ccc(N=C=O)cc1. The highest BCUT2D eigenvalue weighted by Crippen LogP contribution is 2.19. The van der Waals surface area contributed by atoms with Gasteiger partial charge in [-0.15, -0.1) is 0 Å². The number of aliphatic imine (C=N–C) groups is 3. The Kier molecular flexibility index (Phi) is 17.6. The summed E-state index contributed by atoms with van der Waals surface area (Å²) >= 11 is 0. The highest BCUT2D eigenvalue weighted by Gasteiger charge is 2.30. The minimum atomic E-state index is -1.44. The monoisotopic (exact) mass is 783 g/mol. The fraction of sp³-hybridized carbons (Fsp3) is 0.308. The molecule has 296 valence electrons. The summed E-state index contributed by atoms with van der Waals surface area (Å²) in [6, 6.07) is 15.3. The molecule has 57 heavy (non-hydrogen) atoms. The van der Waals surface area contributed by atoms with E-state index < -0.39 is 54.1 Å². The predicted molar refractivity (Wildman–Crippen MR) is 197 cm³/mol. The van der Waals surface area contributed by atoms with Gasteiger partial charge in [0.05, 0.1) is 34.7 Å². The van der Waals surface area contributed by atoms with Gasteiger partial charge < -0.3 is 29.2 Å². The quantitative estimate of drug-likeness (QED) is 0.0306. The number of amides is 2. The van der Waals surface area contributed by atoms with Crippen LogP contribution in [0.2, 0.25) is 0 Å². The standard InChI is InChI=1S/C39H37N5O13/c1-25(54-37(51)28-7-11-30(12-8-28)40-21-45)20-44(24-48)19-5-4-6-34(39(53)56-27(3)36(50)57-33-17-15-32(16-18-33)42-23-47)43-35(49)26(2)55-38(52)29-9-13-31(14-10-29)41-22-46/h7-18,24-27,34H,4-6,19-20H2,1-3H3,(H,43,49). The molecule has 0 radical (unpaired) electrons. The fourth-order valence-electron chi connectivity index (χ4n) is 4.88. The zero-order valence-corrected chi connectivity index (χ0v) is 30.9. The zero-order valence-electron chi connectivity index (χ0n) is 30.9. The third-order valence-corrected chi connectivity index (χ3v) is 7.80. The molecule has 3 aromatic carbocycles. The van der Waals surface area contributed by atoms with Gasteiger partial charge in [0, 0.05) is 6.54 Å². The molecule has 0 aliphatic carbocycles. The van der Waals surface area contributed by atoms with Gasteiger partial charge in [0.15, 0.2) is 12.2 Å². The van der Waals surface area contributed by atoms with E-state index in [2.05, 4.69) is 20.3 Å². The van der Waals surface area contributed by atoms with Gasteiger partial charge >= 0.3 is 23.9 Å². The Balaban J connectivity index is 1.62. The molecule has 3 aromatic rings. The molecule has 18 heteroatoms. The van der Waals surface area contributed by atoms with Crippen LogP contribution in [0.25, 0.3) is 0 Å². The Bertz CT molecular complexity index is 2040. The van der Waals surface area contributed by atoms with Gasteiger partial charge in [-0.1, -0.05) is 0 Å². The average Bonchev–Trinajstić information content (AvgIpc) is 3.19. The van der Waals surface area contributed by atoms with Crippen molar-refractivity contribution in [1.29, 1.82) is 0 Å². The van der Waals surface area contributed by atoms with Crippen molar-refractivity contribution in [2.75, 3.05) is 13.1 Å². The minimum Gasteiger partial charge on any atom is -0.457 e. The molecule has 18 nitrogen and oxygen atoms in total. The van der Waals surface area contributed by atoms with Crippen molar-refractivity contribution in [2.24, 2.45) is 15.0 Å². The van der Waals surface area contributed by atoms with Gasteiger partial charge in [0.25, 0.3) is 5.91 Å². The van der Waals surface area contributed by atoms with Gasteiger partial charge in [-0.2, -0.15) is 15.0 Å². The molecule has 0 fully saturated rings. The van der Waals surface area contributed by atoms with Crippen LogP contribution in [0.5, 0.6) is 5.75 Å². The third kappa shape index (κ3) is 14.8. The number of nitrogens with one attached hydrogen (secondary N) is 1. The van der Waals surface area contributed by atoms with E-state index in [-0.39, 0.29) is 54.2 Å². The smallest absolute Gasteiger partial charge is 0.352 e. The van der Waals surface area contributed by atoms with Crippen molar-refractivity contribution in [3.63, 3.8) is 0 Å². The molecule has 0 heterocycles. The molecular formula is C39H37N5O13. The number of nitrogens with zero attached hydrogens (tertiary/aromatic N) is 4. The van der Waals surface area contributed by atoms with Gasteiger partial charge in [-0.25, -0.2) is 33.6 Å². The van der Waals surface area contributed by atoms with Crippen LogP contribution in [0.3, 0.4) is 0 Å². The molecule has 0 spiro atoms. The van der Waals surface area contributed by atoms with Crippen molar-refractivity contribution in [2.45, 2.75) is 64.4 Å². The summed E-state index contributed by atoms with van der Waals surface area (Å²) in [6.45, 7) is 4.33. The lowest BCUT2D eigenvalue weighted by Gasteiger charge is -2.23. The van der Waals surface area contributed by atoms with E-state index in [0.717, 1.165) is 0 Å². The van der Waals surface area contributed by atoms with Crippen LogP contribution in [0.15, 0.2) is 87.8 Å². The number of benzene rings is 3. The highest BCUT2D eigenvalue weighted by atomic mass is 16.6. The molecule has 1 N–H and O–H groups in total. The summed E-state index contributed by atoms with van der Waals surface area (Å²) in [5.74, 6) is -4.29. The minimum absolute atomic E-state index is 0.0352. The van der Waals surface area contributed by atoms with Gasteiger partial charge in [-0.3, -0.25) is 9.59 Å². The Morgan fingerprint density at radius 1 is 0.667 bits per heavy atom. The van der Waals surface area contributed by atoms with Gasteiger partial charge in [-0.05, 0) is 113 Å². The number of ether oxygens (including phenoxy) is 4. The highest BCUT2D eigenvalue weighted by molar-refractivity contribution is 5.94. The number of carbonyl (C=O) groups is 6. The maximum atomic E-state index is 13.3. The second kappa shape index (κ2) is 22.7. The lowest BCUT2D eigenvalue weighted by atomic mass is 10.1. The van der Waals surface area contributed by atoms with E-state index in [1.54, 1.807) is 6.92 Å². The Hall–Kier alpha value is -7.38. The van der Waals surface area contributed by atoms with Crippen LogP contribution in [-0.2, 0) is 47.8 Å². The van der Waals surface area contributed by atoms with E-state index in [1.165, 1.54) is 110 Å². The normalized spacial score (nSPS) is 12.3. The predicted octanol–water partition coefficient (Wildman–Crippen LogP) is 4.03. The molecule has 0 aliphatic heterocycles. The number of carbonyl (C=O) groups excluding carboxylic acids is 9. The van der Waals surface area contributed by atoms with Crippen LogP contribution in [0.4, 0.5) is 17.1 Å². The number of rotatable bonds is 21. The first-order valence-corrected chi connectivity index (χ1v) is 17.2. The maximum Gasteiger partial charge on any atom is 0.352 e. The molecule has 0 aliphatic rings.